The Morgan fingerprint density at radius 2 is 1.63 bits per heavy atom. The first-order chi connectivity index (χ1) is 18.1. The molecule has 1 saturated heterocycles. The Hall–Kier alpha value is -3.88. The first kappa shape index (κ1) is 27.2. The standard InChI is InChI=1S/C29H36N4O5/c1-5-19(16-30)31-26(34)25-17-32(27(35)38-29(2,3)4)14-15-33(25)28(36)37-18-24-22-12-8-6-10-20(22)21-11-7-9-13-23(21)24/h6-13,16,19,24-25,30H,5,14-15,17-18H2,1-4H3,(H,31,34)/t19-,25?/m0/s1. The lowest BCUT2D eigenvalue weighted by Crippen LogP contribution is -2.62. The highest BCUT2D eigenvalue weighted by atomic mass is 16.6. The average molecular weight is 521 g/mol. The van der Waals surface area contributed by atoms with Crippen molar-refractivity contribution in [2.24, 2.45) is 0 Å². The molecule has 1 fully saturated rings. The third-order valence-corrected chi connectivity index (χ3v) is 6.87. The molecule has 3 amide bonds. The second-order valence-electron chi connectivity index (χ2n) is 10.6. The van der Waals surface area contributed by atoms with Crippen LogP contribution < -0.4 is 5.32 Å². The molecule has 0 bridgehead atoms. The van der Waals surface area contributed by atoms with Gasteiger partial charge in [0.1, 0.15) is 18.2 Å². The largest absolute Gasteiger partial charge is 0.448 e. The number of piperazine rings is 1. The molecular formula is C29H36N4O5. The molecule has 2 aromatic carbocycles. The predicted molar refractivity (Wildman–Crippen MR) is 144 cm³/mol. The molecule has 0 spiro atoms. The Morgan fingerprint density at radius 3 is 2.18 bits per heavy atom. The van der Waals surface area contributed by atoms with Crippen molar-refractivity contribution in [3.05, 3.63) is 59.7 Å². The van der Waals surface area contributed by atoms with Crippen LogP contribution in [0.2, 0.25) is 0 Å². The Bertz CT molecular complexity index is 1160. The van der Waals surface area contributed by atoms with Crippen molar-refractivity contribution in [3.8, 4) is 11.1 Å². The van der Waals surface area contributed by atoms with Gasteiger partial charge in [-0.2, -0.15) is 0 Å². The normalized spacial score (nSPS) is 17.7. The van der Waals surface area contributed by atoms with E-state index in [2.05, 4.69) is 17.4 Å². The number of amides is 3. The van der Waals surface area contributed by atoms with E-state index in [1.54, 1.807) is 20.8 Å². The Morgan fingerprint density at radius 1 is 1.03 bits per heavy atom. The first-order valence-electron chi connectivity index (χ1n) is 13.0. The lowest BCUT2D eigenvalue weighted by Gasteiger charge is -2.40. The predicted octanol–water partition coefficient (Wildman–Crippen LogP) is 4.40. The van der Waals surface area contributed by atoms with E-state index in [4.69, 9.17) is 14.9 Å². The highest BCUT2D eigenvalue weighted by molar-refractivity contribution is 5.89. The van der Waals surface area contributed by atoms with Gasteiger partial charge in [0.15, 0.2) is 0 Å². The summed E-state index contributed by atoms with van der Waals surface area (Å²) in [6.07, 6.45) is 0.535. The maximum absolute atomic E-state index is 13.4. The van der Waals surface area contributed by atoms with Crippen LogP contribution in [-0.4, -0.2) is 78.0 Å². The van der Waals surface area contributed by atoms with E-state index in [1.807, 2.05) is 43.3 Å². The maximum atomic E-state index is 13.4. The summed E-state index contributed by atoms with van der Waals surface area (Å²) in [4.78, 5) is 42.1. The number of ether oxygens (including phenoxy) is 2. The summed E-state index contributed by atoms with van der Waals surface area (Å²) in [7, 11) is 0. The fraction of sp³-hybridized carbons (Fsp3) is 0.448. The minimum absolute atomic E-state index is 0.0284. The molecule has 9 heteroatoms. The number of nitrogens with zero attached hydrogens (tertiary/aromatic N) is 2. The summed E-state index contributed by atoms with van der Waals surface area (Å²) in [5, 5.41) is 10.4. The highest BCUT2D eigenvalue weighted by Crippen LogP contribution is 2.44. The number of benzene rings is 2. The summed E-state index contributed by atoms with van der Waals surface area (Å²) in [6, 6.07) is 14.7. The van der Waals surface area contributed by atoms with Crippen molar-refractivity contribution in [2.45, 2.75) is 57.7 Å². The Labute approximate surface area is 223 Å². The van der Waals surface area contributed by atoms with Crippen molar-refractivity contribution in [1.29, 1.82) is 5.41 Å². The number of hydrogen-bond donors (Lipinski definition) is 2. The SMILES string of the molecule is CC[C@@H](C=N)NC(=O)C1CN(C(=O)OC(C)(C)C)CCN1C(=O)OCC1c2ccccc2-c2ccccc21. The van der Waals surface area contributed by atoms with E-state index in [0.29, 0.717) is 6.42 Å². The van der Waals surface area contributed by atoms with Crippen molar-refractivity contribution < 1.29 is 23.9 Å². The smallest absolute Gasteiger partial charge is 0.410 e. The fourth-order valence-corrected chi connectivity index (χ4v) is 4.94. The summed E-state index contributed by atoms with van der Waals surface area (Å²) in [6.45, 7) is 7.62. The maximum Gasteiger partial charge on any atom is 0.410 e. The number of rotatable bonds is 6. The molecule has 1 aliphatic heterocycles. The van der Waals surface area contributed by atoms with Gasteiger partial charge in [-0.1, -0.05) is 55.5 Å². The summed E-state index contributed by atoms with van der Waals surface area (Å²) in [5.41, 5.74) is 3.77. The fourth-order valence-electron chi connectivity index (χ4n) is 4.94. The van der Waals surface area contributed by atoms with Gasteiger partial charge in [-0.15, -0.1) is 0 Å². The van der Waals surface area contributed by atoms with Crippen molar-refractivity contribution in [2.75, 3.05) is 26.2 Å². The van der Waals surface area contributed by atoms with Gasteiger partial charge in [0.05, 0.1) is 12.6 Å². The van der Waals surface area contributed by atoms with Crippen molar-refractivity contribution >= 4 is 24.3 Å². The van der Waals surface area contributed by atoms with Crippen LogP contribution >= 0.6 is 0 Å². The molecule has 0 saturated carbocycles. The van der Waals surface area contributed by atoms with Crippen LogP contribution in [0.5, 0.6) is 0 Å². The zero-order valence-corrected chi connectivity index (χ0v) is 22.4. The van der Waals surface area contributed by atoms with Gasteiger partial charge in [0, 0.05) is 25.2 Å². The first-order valence-corrected chi connectivity index (χ1v) is 13.0. The highest BCUT2D eigenvalue weighted by Gasteiger charge is 2.40. The van der Waals surface area contributed by atoms with E-state index < -0.39 is 35.8 Å². The number of nitrogens with one attached hydrogen (secondary N) is 2. The van der Waals surface area contributed by atoms with E-state index in [0.717, 1.165) is 28.5 Å². The molecule has 38 heavy (non-hydrogen) atoms. The van der Waals surface area contributed by atoms with Gasteiger partial charge < -0.3 is 25.1 Å². The molecule has 1 aliphatic carbocycles. The van der Waals surface area contributed by atoms with Crippen LogP contribution in [-0.2, 0) is 14.3 Å². The van der Waals surface area contributed by atoms with Crippen molar-refractivity contribution in [3.63, 3.8) is 0 Å². The molecule has 0 aromatic heterocycles. The Balaban J connectivity index is 1.50. The second-order valence-corrected chi connectivity index (χ2v) is 10.6. The summed E-state index contributed by atoms with van der Waals surface area (Å²) in [5.74, 6) is -0.550. The van der Waals surface area contributed by atoms with E-state index in [-0.39, 0.29) is 32.2 Å². The number of hydrogen-bond acceptors (Lipinski definition) is 6. The van der Waals surface area contributed by atoms with Crippen LogP contribution in [0.1, 0.15) is 51.2 Å². The molecule has 2 aromatic rings. The number of fused-ring (bicyclic) bond motifs is 3. The van der Waals surface area contributed by atoms with Gasteiger partial charge in [-0.25, -0.2) is 9.59 Å². The van der Waals surface area contributed by atoms with Crippen molar-refractivity contribution in [1.82, 2.24) is 15.1 Å². The molecule has 4 rings (SSSR count). The lowest BCUT2D eigenvalue weighted by atomic mass is 9.98. The molecule has 1 heterocycles. The molecule has 1 unspecified atom stereocenters. The molecule has 2 atom stereocenters. The van der Waals surface area contributed by atoms with E-state index in [9.17, 15) is 14.4 Å². The monoisotopic (exact) mass is 520 g/mol. The van der Waals surface area contributed by atoms with Crippen LogP contribution in [0.15, 0.2) is 48.5 Å². The molecule has 2 aliphatic rings. The second kappa shape index (κ2) is 11.2. The molecule has 9 nitrogen and oxygen atoms in total. The molecule has 2 N–H and O–H groups in total. The zero-order valence-electron chi connectivity index (χ0n) is 22.4. The van der Waals surface area contributed by atoms with Crippen LogP contribution in [0, 0.1) is 5.41 Å². The zero-order chi connectivity index (χ0) is 27.4. The molecular weight excluding hydrogens is 484 g/mol. The minimum Gasteiger partial charge on any atom is -0.448 e. The van der Waals surface area contributed by atoms with Gasteiger partial charge in [-0.05, 0) is 49.4 Å². The lowest BCUT2D eigenvalue weighted by molar-refractivity contribution is -0.128. The topological polar surface area (TPSA) is 112 Å². The van der Waals surface area contributed by atoms with Gasteiger partial charge >= 0.3 is 12.2 Å². The number of carbonyl (C=O) groups excluding carboxylic acids is 3. The quantitative estimate of drug-likeness (QED) is 0.549. The van der Waals surface area contributed by atoms with Gasteiger partial charge in [-0.3, -0.25) is 9.69 Å². The third kappa shape index (κ3) is 5.82. The number of carbonyl (C=O) groups is 3. The summed E-state index contributed by atoms with van der Waals surface area (Å²) >= 11 is 0. The van der Waals surface area contributed by atoms with Crippen LogP contribution in [0.3, 0.4) is 0 Å². The average Bonchev–Trinajstić information content (AvgIpc) is 3.22. The van der Waals surface area contributed by atoms with E-state index >= 15 is 0 Å². The van der Waals surface area contributed by atoms with E-state index in [1.165, 1.54) is 9.80 Å². The summed E-state index contributed by atoms with van der Waals surface area (Å²) < 4.78 is 11.3. The van der Waals surface area contributed by atoms with Gasteiger partial charge in [0.2, 0.25) is 5.91 Å². The Kier molecular flexibility index (Phi) is 8.04. The minimum atomic E-state index is -0.971. The molecule has 0 radical (unpaired) electrons. The van der Waals surface area contributed by atoms with Crippen LogP contribution in [0.25, 0.3) is 11.1 Å². The van der Waals surface area contributed by atoms with Crippen LogP contribution in [0.4, 0.5) is 9.59 Å². The van der Waals surface area contributed by atoms with Gasteiger partial charge in [0.25, 0.3) is 0 Å². The molecule has 202 valence electrons. The third-order valence-electron chi connectivity index (χ3n) is 6.87.